The minimum Gasteiger partial charge on any atom is -0.483 e. The summed E-state index contributed by atoms with van der Waals surface area (Å²) in [5, 5.41) is 15.6. The van der Waals surface area contributed by atoms with E-state index < -0.39 is 39.9 Å². The molecule has 1 atom stereocenters. The van der Waals surface area contributed by atoms with E-state index in [1.807, 2.05) is 23.6 Å². The van der Waals surface area contributed by atoms with Crippen LogP contribution in [0, 0.1) is 5.92 Å². The zero-order valence-electron chi connectivity index (χ0n) is 22.9. The van der Waals surface area contributed by atoms with Crippen molar-refractivity contribution in [2.45, 2.75) is 36.6 Å². The van der Waals surface area contributed by atoms with E-state index in [0.717, 1.165) is 16.2 Å². The lowest BCUT2D eigenvalue weighted by atomic mass is 9.94. The van der Waals surface area contributed by atoms with Crippen molar-refractivity contribution in [2.75, 3.05) is 19.7 Å². The van der Waals surface area contributed by atoms with Gasteiger partial charge < -0.3 is 20.1 Å². The molecular weight excluding hydrogens is 580 g/mol. The van der Waals surface area contributed by atoms with Gasteiger partial charge in [0.2, 0.25) is 5.91 Å². The summed E-state index contributed by atoms with van der Waals surface area (Å²) in [6.45, 7) is 0.325. The Morgan fingerprint density at radius 2 is 1.56 bits per heavy atom. The second kappa shape index (κ2) is 12.0. The first kappa shape index (κ1) is 29.9. The first-order valence-electron chi connectivity index (χ1n) is 13.6. The number of benzene rings is 4. The van der Waals surface area contributed by atoms with Gasteiger partial charge >= 0.3 is 5.97 Å². The van der Waals surface area contributed by atoms with Crippen LogP contribution in [0.1, 0.15) is 25.7 Å². The number of aliphatic carboxylic acids is 1. The van der Waals surface area contributed by atoms with Gasteiger partial charge in [0.25, 0.3) is 21.9 Å². The van der Waals surface area contributed by atoms with Gasteiger partial charge in [-0.15, -0.1) is 0 Å². The van der Waals surface area contributed by atoms with E-state index in [-0.39, 0.29) is 30.3 Å². The highest BCUT2D eigenvalue weighted by Crippen LogP contribution is 2.40. The summed E-state index contributed by atoms with van der Waals surface area (Å²) in [6, 6.07) is 12.6. The van der Waals surface area contributed by atoms with Crippen molar-refractivity contribution < 1.29 is 42.0 Å². The quantitative estimate of drug-likeness (QED) is 0.0578. The van der Waals surface area contributed by atoms with Gasteiger partial charge in [-0.1, -0.05) is 30.3 Å². The van der Waals surface area contributed by atoms with Gasteiger partial charge in [0.1, 0.15) is 16.7 Å². The molecule has 1 saturated heterocycles. The number of hydrogen-bond donors (Lipinski definition) is 5. The maximum absolute atomic E-state index is 13.0. The summed E-state index contributed by atoms with van der Waals surface area (Å²) in [7, 11) is -4.45. The zero-order chi connectivity index (χ0) is 30.9. The topological polar surface area (TPSA) is 205 Å². The molecule has 0 spiro atoms. The van der Waals surface area contributed by atoms with Crippen LogP contribution in [-0.4, -0.2) is 72.4 Å². The SMILES string of the molecule is NNC(=O)C(CCC(=O)O)NC(=O)C1CCN(C(=O)COc2ccc3ccc4ccc(S(=O)(=O)O)c5ccc2c3c45)CC1. The van der Waals surface area contributed by atoms with Crippen LogP contribution in [0.5, 0.6) is 5.75 Å². The van der Waals surface area contributed by atoms with Crippen LogP contribution in [0.25, 0.3) is 32.3 Å². The Hall–Kier alpha value is -4.53. The second-order valence-electron chi connectivity index (χ2n) is 10.5. The molecule has 14 heteroatoms. The number of carboxylic acids is 1. The fraction of sp³-hybridized carbons (Fsp3) is 0.310. The Balaban J connectivity index is 1.25. The Bertz CT molecular complexity index is 1830. The van der Waals surface area contributed by atoms with Gasteiger partial charge in [-0.25, -0.2) is 5.84 Å². The molecule has 43 heavy (non-hydrogen) atoms. The molecule has 0 aliphatic carbocycles. The lowest BCUT2D eigenvalue weighted by Crippen LogP contribution is -2.52. The third-order valence-electron chi connectivity index (χ3n) is 7.85. The summed E-state index contributed by atoms with van der Waals surface area (Å²) in [5.74, 6) is 2.65. The van der Waals surface area contributed by atoms with Gasteiger partial charge in [0, 0.05) is 41.6 Å². The van der Waals surface area contributed by atoms with Crippen molar-refractivity contribution in [1.82, 2.24) is 15.6 Å². The second-order valence-corrected chi connectivity index (χ2v) is 11.9. The number of hydrogen-bond acceptors (Lipinski definition) is 8. The summed E-state index contributed by atoms with van der Waals surface area (Å²) >= 11 is 0. The molecule has 3 amide bonds. The maximum Gasteiger partial charge on any atom is 0.303 e. The molecule has 1 aliphatic rings. The maximum atomic E-state index is 13.0. The fourth-order valence-corrected chi connectivity index (χ4v) is 6.33. The molecule has 1 heterocycles. The van der Waals surface area contributed by atoms with E-state index in [4.69, 9.17) is 15.7 Å². The predicted molar refractivity (Wildman–Crippen MR) is 156 cm³/mol. The number of hydrazine groups is 1. The molecule has 0 aromatic heterocycles. The first-order valence-corrected chi connectivity index (χ1v) is 15.0. The highest BCUT2D eigenvalue weighted by atomic mass is 32.2. The summed E-state index contributed by atoms with van der Waals surface area (Å²) in [4.78, 5) is 50.0. The van der Waals surface area contributed by atoms with Crippen molar-refractivity contribution in [1.29, 1.82) is 0 Å². The Morgan fingerprint density at radius 1 is 0.953 bits per heavy atom. The van der Waals surface area contributed by atoms with Crippen LogP contribution in [0.2, 0.25) is 0 Å². The minimum atomic E-state index is -4.45. The van der Waals surface area contributed by atoms with E-state index in [0.29, 0.717) is 47.8 Å². The van der Waals surface area contributed by atoms with Crippen LogP contribution in [0.3, 0.4) is 0 Å². The van der Waals surface area contributed by atoms with Crippen LogP contribution in [0.15, 0.2) is 53.4 Å². The lowest BCUT2D eigenvalue weighted by Gasteiger charge is -2.32. The molecule has 0 saturated carbocycles. The number of likely N-dealkylation sites (tertiary alicyclic amines) is 1. The average Bonchev–Trinajstić information content (AvgIpc) is 2.99. The molecule has 0 bridgehead atoms. The standard InChI is InChI=1S/C29H30N4O9S/c30-32-29(38)21(7-10-25(35)36)31-28(37)18-11-13-33(14-12-18)24(34)15-42-22-8-3-16-1-2-17-4-9-23(43(39,40)41)20-6-5-19(22)26(16)27(17)20/h1-6,8-9,18,21H,7,10-15,30H2,(H,31,37)(H,32,38)(H,35,36)(H,39,40,41). The number of carboxylic acid groups (broad SMARTS) is 1. The molecule has 226 valence electrons. The number of carbonyl (C=O) groups excluding carboxylic acids is 3. The van der Waals surface area contributed by atoms with Gasteiger partial charge in [0.15, 0.2) is 6.61 Å². The summed E-state index contributed by atoms with van der Waals surface area (Å²) < 4.78 is 39.7. The normalized spacial score (nSPS) is 15.1. The third kappa shape index (κ3) is 6.16. The van der Waals surface area contributed by atoms with Crippen molar-refractivity contribution >= 4 is 66.1 Å². The monoisotopic (exact) mass is 610 g/mol. The highest BCUT2D eigenvalue weighted by Gasteiger charge is 2.30. The highest BCUT2D eigenvalue weighted by molar-refractivity contribution is 7.86. The van der Waals surface area contributed by atoms with Crippen molar-refractivity contribution in [2.24, 2.45) is 11.8 Å². The zero-order valence-corrected chi connectivity index (χ0v) is 23.7. The van der Waals surface area contributed by atoms with Gasteiger partial charge in [-0.05, 0) is 53.6 Å². The number of piperidine rings is 1. The number of rotatable bonds is 10. The van der Waals surface area contributed by atoms with Crippen molar-refractivity contribution in [3.8, 4) is 5.75 Å². The molecule has 1 aliphatic heterocycles. The smallest absolute Gasteiger partial charge is 0.303 e. The van der Waals surface area contributed by atoms with Crippen LogP contribution < -0.4 is 21.3 Å². The first-order chi connectivity index (χ1) is 20.5. The molecule has 6 N–H and O–H groups in total. The Morgan fingerprint density at radius 3 is 2.19 bits per heavy atom. The third-order valence-corrected chi connectivity index (χ3v) is 8.77. The van der Waals surface area contributed by atoms with Gasteiger partial charge in [0.05, 0.1) is 0 Å². The Kier molecular flexibility index (Phi) is 8.35. The number of nitrogens with zero attached hydrogens (tertiary/aromatic N) is 1. The molecule has 4 aromatic carbocycles. The van der Waals surface area contributed by atoms with Crippen LogP contribution in [0.4, 0.5) is 0 Å². The van der Waals surface area contributed by atoms with E-state index >= 15 is 0 Å². The van der Waals surface area contributed by atoms with E-state index in [1.54, 1.807) is 29.2 Å². The minimum absolute atomic E-state index is 0.108. The number of carbonyl (C=O) groups is 4. The molecular formula is C29H30N4O9S. The van der Waals surface area contributed by atoms with Crippen LogP contribution in [-0.2, 0) is 29.3 Å². The lowest BCUT2D eigenvalue weighted by molar-refractivity contribution is -0.138. The summed E-state index contributed by atoms with van der Waals surface area (Å²) in [5.41, 5.74) is 1.93. The number of ether oxygens (including phenoxy) is 1. The fourth-order valence-electron chi connectivity index (χ4n) is 5.65. The molecule has 1 unspecified atom stereocenters. The predicted octanol–water partition coefficient (Wildman–Crippen LogP) is 1.79. The van der Waals surface area contributed by atoms with E-state index in [2.05, 4.69) is 5.32 Å². The van der Waals surface area contributed by atoms with Gasteiger partial charge in [-0.2, -0.15) is 8.42 Å². The molecule has 13 nitrogen and oxygen atoms in total. The van der Waals surface area contributed by atoms with Crippen LogP contribution >= 0.6 is 0 Å². The number of amides is 3. The van der Waals surface area contributed by atoms with Crippen molar-refractivity contribution in [3.05, 3.63) is 48.5 Å². The Labute approximate surface area is 246 Å². The van der Waals surface area contributed by atoms with Gasteiger partial charge in [-0.3, -0.25) is 29.2 Å². The van der Waals surface area contributed by atoms with E-state index in [9.17, 15) is 32.1 Å². The molecule has 5 rings (SSSR count). The van der Waals surface area contributed by atoms with Crippen molar-refractivity contribution in [3.63, 3.8) is 0 Å². The summed E-state index contributed by atoms with van der Waals surface area (Å²) in [6.07, 6.45) is 0.275. The van der Waals surface area contributed by atoms with E-state index in [1.165, 1.54) is 6.07 Å². The molecule has 0 radical (unpaired) electrons. The number of nitrogens with one attached hydrogen (secondary N) is 2. The largest absolute Gasteiger partial charge is 0.483 e. The average molecular weight is 611 g/mol. The number of nitrogens with two attached hydrogens (primary N) is 1. The molecule has 1 fully saturated rings. The molecule has 4 aromatic rings.